The van der Waals surface area contributed by atoms with E-state index in [0.717, 1.165) is 0 Å². The molecule has 22 heavy (non-hydrogen) atoms. The highest BCUT2D eigenvalue weighted by Gasteiger charge is 2.12. The summed E-state index contributed by atoms with van der Waals surface area (Å²) in [6.45, 7) is 3.66. The number of benzene rings is 1. The molecule has 1 aromatic carbocycles. The van der Waals surface area contributed by atoms with Crippen LogP contribution in [0.2, 0.25) is 0 Å². The summed E-state index contributed by atoms with van der Waals surface area (Å²) in [6.07, 6.45) is 1.38. The number of hydrogen-bond acceptors (Lipinski definition) is 3. The fraction of sp³-hybridized carbons (Fsp3) is 0.188. The van der Waals surface area contributed by atoms with Gasteiger partial charge in [-0.3, -0.25) is 14.6 Å². The molecule has 0 bridgehead atoms. The Bertz CT molecular complexity index is 701. The van der Waals surface area contributed by atoms with Crippen molar-refractivity contribution >= 4 is 17.5 Å². The van der Waals surface area contributed by atoms with E-state index in [4.69, 9.17) is 0 Å². The maximum absolute atomic E-state index is 13.1. The topological polar surface area (TPSA) is 71.1 Å². The molecule has 0 unspecified atom stereocenters. The summed E-state index contributed by atoms with van der Waals surface area (Å²) in [4.78, 5) is 28.0. The Kier molecular flexibility index (Phi) is 4.83. The molecule has 0 fully saturated rings. The second-order valence-electron chi connectivity index (χ2n) is 5.02. The van der Waals surface area contributed by atoms with Gasteiger partial charge in [0, 0.05) is 23.5 Å². The fourth-order valence-electron chi connectivity index (χ4n) is 1.80. The van der Waals surface area contributed by atoms with Gasteiger partial charge in [0.05, 0.1) is 0 Å². The number of nitrogens with zero attached hydrogens (tertiary/aromatic N) is 1. The predicted molar refractivity (Wildman–Crippen MR) is 81.2 cm³/mol. The van der Waals surface area contributed by atoms with Crippen molar-refractivity contribution in [2.45, 2.75) is 19.9 Å². The van der Waals surface area contributed by atoms with Crippen molar-refractivity contribution in [1.82, 2.24) is 10.3 Å². The fourth-order valence-corrected chi connectivity index (χ4v) is 1.80. The molecular weight excluding hydrogens is 285 g/mol. The quantitative estimate of drug-likeness (QED) is 0.912. The summed E-state index contributed by atoms with van der Waals surface area (Å²) in [5, 5.41) is 5.27. The number of amides is 2. The molecule has 0 aliphatic rings. The van der Waals surface area contributed by atoms with Crippen LogP contribution < -0.4 is 10.6 Å². The molecule has 0 aliphatic carbocycles. The number of nitrogens with one attached hydrogen (secondary N) is 2. The van der Waals surface area contributed by atoms with Crippen molar-refractivity contribution < 1.29 is 14.0 Å². The smallest absolute Gasteiger partial charge is 0.270 e. The molecule has 1 heterocycles. The number of rotatable bonds is 4. The molecule has 0 radical (unpaired) electrons. The second kappa shape index (κ2) is 6.80. The van der Waals surface area contributed by atoms with Gasteiger partial charge in [-0.05, 0) is 44.2 Å². The number of anilines is 1. The largest absolute Gasteiger partial charge is 0.349 e. The molecule has 0 spiro atoms. The maximum Gasteiger partial charge on any atom is 0.270 e. The molecule has 2 amide bonds. The van der Waals surface area contributed by atoms with Gasteiger partial charge >= 0.3 is 0 Å². The van der Waals surface area contributed by atoms with Gasteiger partial charge in [0.1, 0.15) is 11.5 Å². The van der Waals surface area contributed by atoms with Crippen LogP contribution in [0.4, 0.5) is 10.1 Å². The van der Waals surface area contributed by atoms with Gasteiger partial charge in [-0.2, -0.15) is 0 Å². The van der Waals surface area contributed by atoms with Gasteiger partial charge in [0.25, 0.3) is 11.8 Å². The molecule has 114 valence electrons. The summed E-state index contributed by atoms with van der Waals surface area (Å²) in [5.74, 6) is -1.23. The van der Waals surface area contributed by atoms with Crippen molar-refractivity contribution in [3.63, 3.8) is 0 Å². The van der Waals surface area contributed by atoms with Crippen molar-refractivity contribution in [1.29, 1.82) is 0 Å². The minimum atomic E-state index is -0.440. The number of halogens is 1. The Labute approximate surface area is 127 Å². The van der Waals surface area contributed by atoms with Gasteiger partial charge in [0.2, 0.25) is 0 Å². The summed E-state index contributed by atoms with van der Waals surface area (Å²) in [6, 6.07) is 8.43. The summed E-state index contributed by atoms with van der Waals surface area (Å²) >= 11 is 0. The predicted octanol–water partition coefficient (Wildman–Crippen LogP) is 2.61. The van der Waals surface area contributed by atoms with Crippen LogP contribution in [0.15, 0.2) is 42.6 Å². The zero-order valence-corrected chi connectivity index (χ0v) is 12.3. The first-order valence-electron chi connectivity index (χ1n) is 6.79. The van der Waals surface area contributed by atoms with Crippen LogP contribution >= 0.6 is 0 Å². The lowest BCUT2D eigenvalue weighted by Gasteiger charge is -2.09. The van der Waals surface area contributed by atoms with Crippen LogP contribution in [-0.2, 0) is 0 Å². The van der Waals surface area contributed by atoms with Crippen molar-refractivity contribution in [3.05, 3.63) is 59.7 Å². The highest BCUT2D eigenvalue weighted by Crippen LogP contribution is 2.11. The van der Waals surface area contributed by atoms with Crippen LogP contribution in [0.3, 0.4) is 0 Å². The van der Waals surface area contributed by atoms with Gasteiger partial charge < -0.3 is 10.6 Å². The van der Waals surface area contributed by atoms with Gasteiger partial charge in [-0.15, -0.1) is 0 Å². The Morgan fingerprint density at radius 2 is 1.91 bits per heavy atom. The first-order chi connectivity index (χ1) is 10.5. The minimum Gasteiger partial charge on any atom is -0.349 e. The highest BCUT2D eigenvalue weighted by atomic mass is 19.1. The zero-order valence-electron chi connectivity index (χ0n) is 12.3. The summed E-state index contributed by atoms with van der Waals surface area (Å²) in [7, 11) is 0. The van der Waals surface area contributed by atoms with Crippen LogP contribution in [-0.4, -0.2) is 22.8 Å². The third kappa shape index (κ3) is 4.12. The number of aromatic nitrogens is 1. The SMILES string of the molecule is CC(C)NC(=O)c1cc(C(=O)Nc2cccc(F)c2)ccn1. The van der Waals surface area contributed by atoms with E-state index in [-0.39, 0.29) is 23.2 Å². The average Bonchev–Trinajstić information content (AvgIpc) is 2.46. The molecule has 0 aliphatic heterocycles. The van der Waals surface area contributed by atoms with Crippen LogP contribution in [0.5, 0.6) is 0 Å². The highest BCUT2D eigenvalue weighted by molar-refractivity contribution is 6.05. The first-order valence-corrected chi connectivity index (χ1v) is 6.79. The van der Waals surface area contributed by atoms with Crippen LogP contribution in [0.1, 0.15) is 34.7 Å². The Balaban J connectivity index is 2.15. The number of hydrogen-bond donors (Lipinski definition) is 2. The van der Waals surface area contributed by atoms with Gasteiger partial charge in [-0.25, -0.2) is 4.39 Å². The lowest BCUT2D eigenvalue weighted by atomic mass is 10.2. The van der Waals surface area contributed by atoms with Crippen LogP contribution in [0.25, 0.3) is 0 Å². The van der Waals surface area contributed by atoms with Gasteiger partial charge in [0.15, 0.2) is 0 Å². The number of pyridine rings is 1. The normalized spacial score (nSPS) is 10.4. The molecule has 0 atom stereocenters. The van der Waals surface area contributed by atoms with Crippen molar-refractivity contribution in [3.8, 4) is 0 Å². The third-order valence-corrected chi connectivity index (χ3v) is 2.76. The Morgan fingerprint density at radius 1 is 1.14 bits per heavy atom. The molecule has 0 saturated heterocycles. The van der Waals surface area contributed by atoms with E-state index in [9.17, 15) is 14.0 Å². The van der Waals surface area contributed by atoms with Crippen molar-refractivity contribution in [2.75, 3.05) is 5.32 Å². The summed E-state index contributed by atoms with van der Waals surface area (Å²) in [5.41, 5.74) is 0.767. The molecule has 6 heteroatoms. The molecule has 5 nitrogen and oxygen atoms in total. The first kappa shape index (κ1) is 15.6. The molecule has 2 aromatic rings. The monoisotopic (exact) mass is 301 g/mol. The number of carbonyl (C=O) groups is 2. The van der Waals surface area contributed by atoms with Crippen molar-refractivity contribution in [2.24, 2.45) is 0 Å². The van der Waals surface area contributed by atoms with Crippen LogP contribution in [0, 0.1) is 5.82 Å². The van der Waals surface area contributed by atoms with E-state index in [1.54, 1.807) is 6.07 Å². The number of carbonyl (C=O) groups excluding carboxylic acids is 2. The molecule has 0 saturated carbocycles. The Morgan fingerprint density at radius 3 is 2.59 bits per heavy atom. The third-order valence-electron chi connectivity index (χ3n) is 2.76. The average molecular weight is 301 g/mol. The van der Waals surface area contributed by atoms with Gasteiger partial charge in [-0.1, -0.05) is 6.07 Å². The van der Waals surface area contributed by atoms with E-state index < -0.39 is 11.7 Å². The van der Waals surface area contributed by atoms with E-state index in [0.29, 0.717) is 5.69 Å². The standard InChI is InChI=1S/C16H16FN3O2/c1-10(2)19-16(22)14-8-11(6-7-18-14)15(21)20-13-5-3-4-12(17)9-13/h3-10H,1-2H3,(H,19,22)(H,20,21). The maximum atomic E-state index is 13.1. The summed E-state index contributed by atoms with van der Waals surface area (Å²) < 4.78 is 13.1. The minimum absolute atomic E-state index is 0.0286. The lowest BCUT2D eigenvalue weighted by molar-refractivity contribution is 0.0938. The zero-order chi connectivity index (χ0) is 16.1. The lowest BCUT2D eigenvalue weighted by Crippen LogP contribution is -2.31. The van der Waals surface area contributed by atoms with E-state index in [1.807, 2.05) is 13.8 Å². The molecule has 1 aromatic heterocycles. The second-order valence-corrected chi connectivity index (χ2v) is 5.02. The molecule has 2 N–H and O–H groups in total. The van der Waals surface area contributed by atoms with E-state index >= 15 is 0 Å². The Hall–Kier alpha value is -2.76. The van der Waals surface area contributed by atoms with E-state index in [1.165, 1.54) is 36.5 Å². The molecule has 2 rings (SSSR count). The molecular formula is C16H16FN3O2. The van der Waals surface area contributed by atoms with E-state index in [2.05, 4.69) is 15.6 Å².